The Labute approximate surface area is 187 Å². The predicted octanol–water partition coefficient (Wildman–Crippen LogP) is 2.75. The second-order valence-corrected chi connectivity index (χ2v) is 11.7. The van der Waals surface area contributed by atoms with Crippen LogP contribution in [0, 0.1) is 5.41 Å². The van der Waals surface area contributed by atoms with Gasteiger partial charge in [-0.1, -0.05) is 18.6 Å². The third-order valence-electron chi connectivity index (χ3n) is 7.52. The molecule has 8 heteroatoms. The summed E-state index contributed by atoms with van der Waals surface area (Å²) in [4.78, 5) is 15.0. The van der Waals surface area contributed by atoms with E-state index in [0.29, 0.717) is 17.5 Å². The lowest BCUT2D eigenvalue weighted by Gasteiger charge is -2.57. The molecule has 32 heavy (non-hydrogen) atoms. The topological polar surface area (TPSA) is 80.6 Å². The molecule has 0 atom stereocenters. The van der Waals surface area contributed by atoms with Crippen molar-refractivity contribution in [3.8, 4) is 11.1 Å². The van der Waals surface area contributed by atoms with Crippen molar-refractivity contribution in [3.05, 3.63) is 52.0 Å². The summed E-state index contributed by atoms with van der Waals surface area (Å²) in [6, 6.07) is 5.79. The predicted molar refractivity (Wildman–Crippen MR) is 126 cm³/mol. The quantitative estimate of drug-likeness (QED) is 0.753. The summed E-state index contributed by atoms with van der Waals surface area (Å²) in [6.45, 7) is 2.53. The Morgan fingerprint density at radius 1 is 1.16 bits per heavy atom. The molecule has 1 aromatic carbocycles. The van der Waals surface area contributed by atoms with Gasteiger partial charge in [0, 0.05) is 59.8 Å². The van der Waals surface area contributed by atoms with E-state index in [1.54, 1.807) is 11.6 Å². The Balaban J connectivity index is 1.44. The van der Waals surface area contributed by atoms with Gasteiger partial charge < -0.3 is 14.2 Å². The van der Waals surface area contributed by atoms with E-state index < -0.39 is 15.3 Å². The number of sulfonamides is 1. The molecule has 2 aliphatic carbocycles. The highest BCUT2D eigenvalue weighted by Gasteiger charge is 2.47. The van der Waals surface area contributed by atoms with Crippen LogP contribution in [-0.4, -0.2) is 44.5 Å². The molecule has 1 N–H and O–H groups in total. The van der Waals surface area contributed by atoms with Crippen molar-refractivity contribution in [3.63, 3.8) is 0 Å². The summed E-state index contributed by atoms with van der Waals surface area (Å²) in [7, 11) is -1.72. The second kappa shape index (κ2) is 6.96. The Kier molecular flexibility index (Phi) is 4.36. The maximum absolute atomic E-state index is 12.7. The van der Waals surface area contributed by atoms with Crippen LogP contribution in [0.15, 0.2) is 35.3 Å². The standard InChI is InChI=1S/C24H27N3O4S/c1-26-11-21(18-4-2-5-19(18)23(26)28)20-10-16(25-32(29,30)17-12-31-13-17)6-7-22(20)27-14-24(15-27)8-3-9-24/h2,4,6-7,10-11,17,25H,3,5,8-9,12-15H2,1H3. The highest BCUT2D eigenvalue weighted by Crippen LogP contribution is 2.51. The van der Waals surface area contributed by atoms with E-state index in [1.165, 1.54) is 19.3 Å². The molecule has 6 rings (SSSR count). The third-order valence-corrected chi connectivity index (χ3v) is 9.19. The van der Waals surface area contributed by atoms with Crippen LogP contribution < -0.4 is 15.2 Å². The number of fused-ring (bicyclic) bond motifs is 1. The summed E-state index contributed by atoms with van der Waals surface area (Å²) in [5, 5.41) is -0.510. The summed E-state index contributed by atoms with van der Waals surface area (Å²) >= 11 is 0. The van der Waals surface area contributed by atoms with Gasteiger partial charge in [0.2, 0.25) is 10.0 Å². The van der Waals surface area contributed by atoms with Crippen molar-refractivity contribution in [1.29, 1.82) is 0 Å². The van der Waals surface area contributed by atoms with E-state index in [-0.39, 0.29) is 18.8 Å². The number of nitrogens with zero attached hydrogens (tertiary/aromatic N) is 2. The van der Waals surface area contributed by atoms with Crippen LogP contribution in [0.1, 0.15) is 30.4 Å². The molecule has 0 radical (unpaired) electrons. The molecule has 168 valence electrons. The van der Waals surface area contributed by atoms with Gasteiger partial charge in [0.15, 0.2) is 0 Å². The zero-order chi connectivity index (χ0) is 22.1. The van der Waals surface area contributed by atoms with Gasteiger partial charge in [-0.25, -0.2) is 8.42 Å². The van der Waals surface area contributed by atoms with Gasteiger partial charge in [-0.05, 0) is 43.0 Å². The fraction of sp³-hybridized carbons (Fsp3) is 0.458. The molecule has 3 fully saturated rings. The molecule has 3 heterocycles. The Morgan fingerprint density at radius 2 is 1.94 bits per heavy atom. The fourth-order valence-electron chi connectivity index (χ4n) is 5.37. The van der Waals surface area contributed by atoms with E-state index >= 15 is 0 Å². The lowest BCUT2D eigenvalue weighted by Crippen LogP contribution is -2.60. The first-order valence-electron chi connectivity index (χ1n) is 11.2. The normalized spacial score (nSPS) is 21.1. The number of hydrogen-bond donors (Lipinski definition) is 1. The van der Waals surface area contributed by atoms with Crippen molar-refractivity contribution in [2.24, 2.45) is 12.5 Å². The average molecular weight is 454 g/mol. The van der Waals surface area contributed by atoms with E-state index in [0.717, 1.165) is 41.0 Å². The Bertz CT molecular complexity index is 1300. The summed E-state index contributed by atoms with van der Waals surface area (Å²) < 4.78 is 34.8. The maximum atomic E-state index is 12.7. The van der Waals surface area contributed by atoms with Crippen molar-refractivity contribution >= 4 is 27.5 Å². The minimum absolute atomic E-state index is 0.0227. The van der Waals surface area contributed by atoms with Crippen LogP contribution in [0.25, 0.3) is 17.2 Å². The van der Waals surface area contributed by atoms with Gasteiger partial charge in [-0.2, -0.15) is 0 Å². The summed E-state index contributed by atoms with van der Waals surface area (Å²) in [6.07, 6.45) is 10.4. The van der Waals surface area contributed by atoms with Gasteiger partial charge in [0.05, 0.1) is 13.2 Å². The van der Waals surface area contributed by atoms with Crippen LogP contribution in [0.5, 0.6) is 0 Å². The molecule has 0 bridgehead atoms. The summed E-state index contributed by atoms with van der Waals surface area (Å²) in [5.41, 5.74) is 5.80. The first-order valence-corrected chi connectivity index (χ1v) is 12.8. The smallest absolute Gasteiger partial charge is 0.254 e. The Morgan fingerprint density at radius 3 is 2.59 bits per heavy atom. The SMILES string of the molecule is Cn1cc(-c2cc(NS(=O)(=O)C3COC3)ccc2N2CC3(CCC3)C2)c2c(c1=O)CC=C2. The number of hydrogen-bond acceptors (Lipinski definition) is 5. The Hall–Kier alpha value is -2.58. The fourth-order valence-corrected chi connectivity index (χ4v) is 6.54. The number of rotatable bonds is 5. The lowest BCUT2D eigenvalue weighted by molar-refractivity contribution is 0.0418. The van der Waals surface area contributed by atoms with Crippen LogP contribution in [0.4, 0.5) is 11.4 Å². The number of pyridine rings is 1. The second-order valence-electron chi connectivity index (χ2n) is 9.71. The molecule has 7 nitrogen and oxygen atoms in total. The molecule has 0 amide bonds. The zero-order valence-electron chi connectivity index (χ0n) is 18.1. The number of anilines is 2. The molecule has 2 aromatic rings. The average Bonchev–Trinajstić information content (AvgIpc) is 3.11. The van der Waals surface area contributed by atoms with Gasteiger partial charge in [0.25, 0.3) is 5.56 Å². The molecular weight excluding hydrogens is 426 g/mol. The number of allylic oxidation sites excluding steroid dienone is 1. The number of aromatic nitrogens is 1. The molecule has 2 aliphatic heterocycles. The summed E-state index contributed by atoms with van der Waals surface area (Å²) in [5.74, 6) is 0. The zero-order valence-corrected chi connectivity index (χ0v) is 19.0. The van der Waals surface area contributed by atoms with Crippen molar-refractivity contribution < 1.29 is 13.2 Å². The number of nitrogens with one attached hydrogen (secondary N) is 1. The van der Waals surface area contributed by atoms with Crippen molar-refractivity contribution in [2.75, 3.05) is 35.9 Å². The largest absolute Gasteiger partial charge is 0.378 e. The molecule has 2 saturated heterocycles. The molecule has 1 spiro atoms. The monoisotopic (exact) mass is 453 g/mol. The minimum atomic E-state index is -3.50. The third kappa shape index (κ3) is 3.03. The minimum Gasteiger partial charge on any atom is -0.378 e. The van der Waals surface area contributed by atoms with E-state index in [1.807, 2.05) is 36.5 Å². The number of ether oxygens (including phenoxy) is 1. The first kappa shape index (κ1) is 20.1. The lowest BCUT2D eigenvalue weighted by atomic mass is 9.63. The highest BCUT2D eigenvalue weighted by atomic mass is 32.2. The number of benzene rings is 1. The molecule has 0 unspecified atom stereocenters. The van der Waals surface area contributed by atoms with E-state index in [4.69, 9.17) is 4.74 Å². The van der Waals surface area contributed by atoms with Gasteiger partial charge in [0.1, 0.15) is 5.25 Å². The van der Waals surface area contributed by atoms with E-state index in [2.05, 4.69) is 9.62 Å². The van der Waals surface area contributed by atoms with Gasteiger partial charge >= 0.3 is 0 Å². The van der Waals surface area contributed by atoms with Crippen LogP contribution in [0.2, 0.25) is 0 Å². The highest BCUT2D eigenvalue weighted by molar-refractivity contribution is 7.93. The van der Waals surface area contributed by atoms with Gasteiger partial charge in [-0.15, -0.1) is 0 Å². The van der Waals surface area contributed by atoms with Crippen LogP contribution >= 0.6 is 0 Å². The van der Waals surface area contributed by atoms with Crippen molar-refractivity contribution in [2.45, 2.75) is 30.9 Å². The van der Waals surface area contributed by atoms with Crippen LogP contribution in [-0.2, 0) is 28.2 Å². The van der Waals surface area contributed by atoms with Crippen LogP contribution in [0.3, 0.4) is 0 Å². The van der Waals surface area contributed by atoms with Gasteiger partial charge in [-0.3, -0.25) is 9.52 Å². The first-order chi connectivity index (χ1) is 15.4. The van der Waals surface area contributed by atoms with Crippen molar-refractivity contribution in [1.82, 2.24) is 4.57 Å². The molecule has 4 aliphatic rings. The van der Waals surface area contributed by atoms with E-state index in [9.17, 15) is 13.2 Å². The molecule has 1 saturated carbocycles. The number of aryl methyl sites for hydroxylation is 1. The molecular formula is C24H27N3O4S. The molecule has 1 aromatic heterocycles. The maximum Gasteiger partial charge on any atom is 0.254 e.